The van der Waals surface area contributed by atoms with Crippen molar-refractivity contribution in [1.82, 2.24) is 14.5 Å². The predicted octanol–water partition coefficient (Wildman–Crippen LogP) is 3.23. The first-order chi connectivity index (χ1) is 11.8. The lowest BCUT2D eigenvalue weighted by atomic mass is 10.0. The highest BCUT2D eigenvalue weighted by atomic mass is 16.1. The molecule has 1 aliphatic heterocycles. The van der Waals surface area contributed by atoms with E-state index >= 15 is 0 Å². The summed E-state index contributed by atoms with van der Waals surface area (Å²) in [4.78, 5) is 18.9. The van der Waals surface area contributed by atoms with Crippen molar-refractivity contribution < 1.29 is 0 Å². The van der Waals surface area contributed by atoms with Gasteiger partial charge in [0.05, 0.1) is 5.52 Å². The van der Waals surface area contributed by atoms with Crippen LogP contribution in [0.5, 0.6) is 0 Å². The number of para-hydroxylation sites is 1. The van der Waals surface area contributed by atoms with Crippen molar-refractivity contribution in [3.05, 3.63) is 76.8 Å². The molecule has 4 nitrogen and oxygen atoms in total. The van der Waals surface area contributed by atoms with E-state index in [0.717, 1.165) is 43.4 Å². The van der Waals surface area contributed by atoms with Crippen molar-refractivity contribution in [3.63, 3.8) is 0 Å². The van der Waals surface area contributed by atoms with Gasteiger partial charge in [-0.2, -0.15) is 0 Å². The second-order valence-electron chi connectivity index (χ2n) is 6.46. The Kier molecular flexibility index (Phi) is 4.13. The SMILES string of the molecule is O=c1ncc2ccccc2n1C1CCN(Cc2ccccc2)CC1. The zero-order chi connectivity index (χ0) is 16.4. The molecule has 1 aliphatic rings. The van der Waals surface area contributed by atoms with Crippen LogP contribution in [0.2, 0.25) is 0 Å². The second-order valence-corrected chi connectivity index (χ2v) is 6.46. The first-order valence-corrected chi connectivity index (χ1v) is 8.54. The molecule has 2 aromatic carbocycles. The topological polar surface area (TPSA) is 38.1 Å². The average molecular weight is 319 g/mol. The van der Waals surface area contributed by atoms with Crippen LogP contribution in [0.3, 0.4) is 0 Å². The maximum Gasteiger partial charge on any atom is 0.348 e. The van der Waals surface area contributed by atoms with E-state index in [0.29, 0.717) is 0 Å². The Hall–Kier alpha value is -2.46. The third-order valence-electron chi connectivity index (χ3n) is 4.89. The lowest BCUT2D eigenvalue weighted by molar-refractivity contribution is 0.179. The Bertz CT molecular complexity index is 880. The average Bonchev–Trinajstić information content (AvgIpc) is 2.63. The van der Waals surface area contributed by atoms with Crippen LogP contribution in [-0.2, 0) is 6.54 Å². The summed E-state index contributed by atoms with van der Waals surface area (Å²) >= 11 is 0. The fraction of sp³-hybridized carbons (Fsp3) is 0.300. The van der Waals surface area contributed by atoms with E-state index in [1.54, 1.807) is 6.20 Å². The van der Waals surface area contributed by atoms with Crippen molar-refractivity contribution >= 4 is 10.9 Å². The lowest BCUT2D eigenvalue weighted by Gasteiger charge is -2.33. The summed E-state index contributed by atoms with van der Waals surface area (Å²) in [6.07, 6.45) is 3.66. The van der Waals surface area contributed by atoms with Gasteiger partial charge < -0.3 is 0 Å². The molecule has 122 valence electrons. The smallest absolute Gasteiger partial charge is 0.299 e. The highest BCUT2D eigenvalue weighted by Crippen LogP contribution is 2.25. The van der Waals surface area contributed by atoms with Crippen LogP contribution >= 0.6 is 0 Å². The lowest BCUT2D eigenvalue weighted by Crippen LogP contribution is -2.37. The highest BCUT2D eigenvalue weighted by Gasteiger charge is 2.22. The number of rotatable bonds is 3. The Morgan fingerprint density at radius 2 is 1.67 bits per heavy atom. The van der Waals surface area contributed by atoms with Gasteiger partial charge in [0, 0.05) is 37.3 Å². The summed E-state index contributed by atoms with van der Waals surface area (Å²) < 4.78 is 1.90. The number of benzene rings is 2. The van der Waals surface area contributed by atoms with E-state index in [1.165, 1.54) is 5.56 Å². The van der Waals surface area contributed by atoms with Gasteiger partial charge in [-0.25, -0.2) is 9.78 Å². The van der Waals surface area contributed by atoms with Crippen LogP contribution in [0.15, 0.2) is 65.6 Å². The summed E-state index contributed by atoms with van der Waals surface area (Å²) in [5, 5.41) is 1.03. The predicted molar refractivity (Wildman–Crippen MR) is 96.0 cm³/mol. The van der Waals surface area contributed by atoms with Gasteiger partial charge in [-0.05, 0) is 24.5 Å². The largest absolute Gasteiger partial charge is 0.348 e. The molecule has 0 saturated carbocycles. The van der Waals surface area contributed by atoms with Gasteiger partial charge in [0.2, 0.25) is 0 Å². The van der Waals surface area contributed by atoms with E-state index < -0.39 is 0 Å². The van der Waals surface area contributed by atoms with Crippen LogP contribution in [-0.4, -0.2) is 27.5 Å². The molecular formula is C20H21N3O. The van der Waals surface area contributed by atoms with E-state index in [1.807, 2.05) is 28.8 Å². The van der Waals surface area contributed by atoms with Gasteiger partial charge in [0.15, 0.2) is 0 Å². The van der Waals surface area contributed by atoms with Crippen LogP contribution in [0.1, 0.15) is 24.4 Å². The molecule has 0 bridgehead atoms. The normalized spacial score (nSPS) is 16.5. The maximum atomic E-state index is 12.3. The monoisotopic (exact) mass is 319 g/mol. The first kappa shape index (κ1) is 15.1. The fourth-order valence-corrected chi connectivity index (χ4v) is 3.64. The highest BCUT2D eigenvalue weighted by molar-refractivity contribution is 5.77. The summed E-state index contributed by atoms with van der Waals surface area (Å²) in [5.41, 5.74) is 2.22. The standard InChI is InChI=1S/C20H21N3O/c24-20-21-14-17-8-4-5-9-19(17)23(20)18-10-12-22(13-11-18)15-16-6-2-1-3-7-16/h1-9,14,18H,10-13,15H2. The molecule has 0 aliphatic carbocycles. The van der Waals surface area contributed by atoms with Crippen molar-refractivity contribution in [3.8, 4) is 0 Å². The van der Waals surface area contributed by atoms with E-state index in [-0.39, 0.29) is 11.7 Å². The number of fused-ring (bicyclic) bond motifs is 1. The second kappa shape index (κ2) is 6.57. The molecule has 1 aromatic heterocycles. The molecule has 1 fully saturated rings. The molecular weight excluding hydrogens is 298 g/mol. The third kappa shape index (κ3) is 2.97. The van der Waals surface area contributed by atoms with Crippen molar-refractivity contribution in [2.24, 2.45) is 0 Å². The van der Waals surface area contributed by atoms with Gasteiger partial charge in [0.1, 0.15) is 0 Å². The molecule has 0 N–H and O–H groups in total. The summed E-state index contributed by atoms with van der Waals surface area (Å²) in [5.74, 6) is 0. The molecule has 0 radical (unpaired) electrons. The van der Waals surface area contributed by atoms with E-state index in [4.69, 9.17) is 0 Å². The molecule has 4 rings (SSSR count). The molecule has 0 unspecified atom stereocenters. The number of aromatic nitrogens is 2. The van der Waals surface area contributed by atoms with Crippen LogP contribution < -0.4 is 5.69 Å². The van der Waals surface area contributed by atoms with Crippen LogP contribution in [0.4, 0.5) is 0 Å². The molecule has 3 aromatic rings. The molecule has 0 spiro atoms. The Balaban J connectivity index is 1.52. The van der Waals surface area contributed by atoms with Crippen LogP contribution in [0, 0.1) is 0 Å². The molecule has 0 atom stereocenters. The summed E-state index contributed by atoms with van der Waals surface area (Å²) in [6.45, 7) is 3.00. The van der Waals surface area contributed by atoms with Gasteiger partial charge >= 0.3 is 5.69 Å². The zero-order valence-electron chi connectivity index (χ0n) is 13.6. The van der Waals surface area contributed by atoms with Gasteiger partial charge in [0.25, 0.3) is 0 Å². The number of piperidine rings is 1. The van der Waals surface area contributed by atoms with Gasteiger partial charge in [-0.1, -0.05) is 48.5 Å². The molecule has 0 amide bonds. The van der Waals surface area contributed by atoms with E-state index in [2.05, 4.69) is 40.2 Å². The first-order valence-electron chi connectivity index (χ1n) is 8.54. The van der Waals surface area contributed by atoms with Crippen LogP contribution in [0.25, 0.3) is 10.9 Å². The van der Waals surface area contributed by atoms with Crippen molar-refractivity contribution in [2.45, 2.75) is 25.4 Å². The van der Waals surface area contributed by atoms with Crippen molar-refractivity contribution in [2.75, 3.05) is 13.1 Å². The minimum absolute atomic E-state index is 0.129. The third-order valence-corrected chi connectivity index (χ3v) is 4.89. The minimum atomic E-state index is -0.129. The molecule has 1 saturated heterocycles. The number of hydrogen-bond acceptors (Lipinski definition) is 3. The van der Waals surface area contributed by atoms with Gasteiger partial charge in [-0.15, -0.1) is 0 Å². The maximum absolute atomic E-state index is 12.3. The van der Waals surface area contributed by atoms with Crippen molar-refractivity contribution in [1.29, 1.82) is 0 Å². The molecule has 2 heterocycles. The summed E-state index contributed by atoms with van der Waals surface area (Å²) in [6, 6.07) is 18.8. The van der Waals surface area contributed by atoms with Gasteiger partial charge in [-0.3, -0.25) is 9.47 Å². The summed E-state index contributed by atoms with van der Waals surface area (Å²) in [7, 11) is 0. The van der Waals surface area contributed by atoms with E-state index in [9.17, 15) is 4.79 Å². The zero-order valence-corrected chi connectivity index (χ0v) is 13.6. The minimum Gasteiger partial charge on any atom is -0.299 e. The quantitative estimate of drug-likeness (QED) is 0.744. The number of likely N-dealkylation sites (tertiary alicyclic amines) is 1. The Morgan fingerprint density at radius 1 is 0.958 bits per heavy atom. The Labute approximate surface area is 141 Å². The molecule has 4 heteroatoms. The number of nitrogens with zero attached hydrogens (tertiary/aromatic N) is 3. The fourth-order valence-electron chi connectivity index (χ4n) is 3.64. The Morgan fingerprint density at radius 3 is 2.46 bits per heavy atom. The molecule has 24 heavy (non-hydrogen) atoms. The number of hydrogen-bond donors (Lipinski definition) is 0.